The Hall–Kier alpha value is -1.37. The molecular weight excluding hydrogens is 224 g/mol. The quantitative estimate of drug-likeness (QED) is 0.813. The molecule has 1 heterocycles. The van der Waals surface area contributed by atoms with E-state index in [2.05, 4.69) is 42.2 Å². The van der Waals surface area contributed by atoms with Crippen molar-refractivity contribution in [3.05, 3.63) is 35.4 Å². The highest BCUT2D eigenvalue weighted by atomic mass is 16.5. The minimum absolute atomic E-state index is 0.0265. The van der Waals surface area contributed by atoms with Gasteiger partial charge >= 0.3 is 0 Å². The number of ether oxygens (including phenoxy) is 1. The molecule has 3 heteroatoms. The second-order valence-electron chi connectivity index (χ2n) is 4.67. The average Bonchev–Trinajstić information content (AvgIpc) is 2.46. The minimum atomic E-state index is -0.0265. The van der Waals surface area contributed by atoms with Crippen LogP contribution in [0.15, 0.2) is 24.3 Å². The van der Waals surface area contributed by atoms with Gasteiger partial charge in [0.05, 0.1) is 19.3 Å². The molecule has 1 aliphatic rings. The van der Waals surface area contributed by atoms with E-state index in [1.165, 1.54) is 11.1 Å². The fourth-order valence-electron chi connectivity index (χ4n) is 2.28. The number of nitrogens with zero attached hydrogens (tertiary/aromatic N) is 2. The van der Waals surface area contributed by atoms with Crippen LogP contribution in [-0.4, -0.2) is 37.2 Å². The first kappa shape index (κ1) is 13.1. The normalized spacial score (nSPS) is 18.2. The lowest BCUT2D eigenvalue weighted by Gasteiger charge is -2.30. The van der Waals surface area contributed by atoms with Gasteiger partial charge in [0, 0.05) is 19.5 Å². The van der Waals surface area contributed by atoms with Gasteiger partial charge in [0.1, 0.15) is 6.04 Å². The molecule has 18 heavy (non-hydrogen) atoms. The van der Waals surface area contributed by atoms with Gasteiger partial charge in [-0.25, -0.2) is 0 Å². The van der Waals surface area contributed by atoms with Gasteiger partial charge in [-0.15, -0.1) is 0 Å². The van der Waals surface area contributed by atoms with Crippen LogP contribution < -0.4 is 0 Å². The van der Waals surface area contributed by atoms with Gasteiger partial charge in [-0.05, 0) is 17.5 Å². The first-order valence-corrected chi connectivity index (χ1v) is 6.62. The number of benzene rings is 1. The standard InChI is InChI=1S/C15H20N2O/c1-2-13-3-5-14(6-4-13)11-15(12-16)17-7-9-18-10-8-17/h3-6,15H,2,7-11H2,1H3. The van der Waals surface area contributed by atoms with E-state index in [4.69, 9.17) is 4.74 Å². The Morgan fingerprint density at radius 3 is 2.39 bits per heavy atom. The van der Waals surface area contributed by atoms with Crippen molar-refractivity contribution in [3.8, 4) is 6.07 Å². The van der Waals surface area contributed by atoms with E-state index in [1.807, 2.05) is 0 Å². The maximum atomic E-state index is 9.31. The number of hydrogen-bond donors (Lipinski definition) is 0. The minimum Gasteiger partial charge on any atom is -0.379 e. The SMILES string of the molecule is CCc1ccc(CC(C#N)N2CCOCC2)cc1. The molecule has 0 bridgehead atoms. The molecule has 1 atom stereocenters. The molecule has 1 saturated heterocycles. The Balaban J connectivity index is 1.98. The maximum absolute atomic E-state index is 9.31. The van der Waals surface area contributed by atoms with Crippen LogP contribution >= 0.6 is 0 Å². The summed E-state index contributed by atoms with van der Waals surface area (Å²) in [6.45, 7) is 5.37. The molecule has 1 unspecified atom stereocenters. The van der Waals surface area contributed by atoms with Crippen LogP contribution in [0.25, 0.3) is 0 Å². The molecule has 2 rings (SSSR count). The Kier molecular flexibility index (Phi) is 4.74. The molecule has 0 radical (unpaired) electrons. The van der Waals surface area contributed by atoms with Crippen molar-refractivity contribution in [1.29, 1.82) is 5.26 Å². The molecule has 1 aromatic rings. The third-order valence-electron chi connectivity index (χ3n) is 3.50. The van der Waals surface area contributed by atoms with E-state index < -0.39 is 0 Å². The highest BCUT2D eigenvalue weighted by Gasteiger charge is 2.20. The molecule has 1 aromatic carbocycles. The summed E-state index contributed by atoms with van der Waals surface area (Å²) in [5.41, 5.74) is 2.59. The maximum Gasteiger partial charge on any atom is 0.102 e. The van der Waals surface area contributed by atoms with E-state index in [-0.39, 0.29) is 6.04 Å². The van der Waals surface area contributed by atoms with Gasteiger partial charge in [-0.2, -0.15) is 5.26 Å². The van der Waals surface area contributed by atoms with Crippen LogP contribution in [0.5, 0.6) is 0 Å². The van der Waals surface area contributed by atoms with Gasteiger partial charge in [0.15, 0.2) is 0 Å². The van der Waals surface area contributed by atoms with Crippen molar-refractivity contribution >= 4 is 0 Å². The molecule has 96 valence electrons. The summed E-state index contributed by atoms with van der Waals surface area (Å²) < 4.78 is 5.32. The zero-order chi connectivity index (χ0) is 12.8. The first-order valence-electron chi connectivity index (χ1n) is 6.62. The summed E-state index contributed by atoms with van der Waals surface area (Å²) in [5, 5.41) is 9.31. The van der Waals surface area contributed by atoms with Crippen LogP contribution in [-0.2, 0) is 17.6 Å². The highest BCUT2D eigenvalue weighted by molar-refractivity contribution is 5.24. The number of morpholine rings is 1. The fraction of sp³-hybridized carbons (Fsp3) is 0.533. The Morgan fingerprint density at radius 2 is 1.83 bits per heavy atom. The van der Waals surface area contributed by atoms with E-state index in [0.29, 0.717) is 0 Å². The van der Waals surface area contributed by atoms with Crippen molar-refractivity contribution in [2.24, 2.45) is 0 Å². The van der Waals surface area contributed by atoms with Gasteiger partial charge in [-0.3, -0.25) is 4.90 Å². The molecule has 1 aliphatic heterocycles. The van der Waals surface area contributed by atoms with Crippen LogP contribution in [0.2, 0.25) is 0 Å². The predicted octanol–water partition coefficient (Wildman–Crippen LogP) is 2.02. The average molecular weight is 244 g/mol. The van der Waals surface area contributed by atoms with E-state index in [1.54, 1.807) is 0 Å². The first-order chi connectivity index (χ1) is 8.83. The van der Waals surface area contributed by atoms with E-state index in [9.17, 15) is 5.26 Å². The topological polar surface area (TPSA) is 36.3 Å². The monoisotopic (exact) mass is 244 g/mol. The number of aryl methyl sites for hydroxylation is 1. The second kappa shape index (κ2) is 6.53. The van der Waals surface area contributed by atoms with Crippen LogP contribution in [0, 0.1) is 11.3 Å². The summed E-state index contributed by atoms with van der Waals surface area (Å²) in [4.78, 5) is 2.22. The number of rotatable bonds is 4. The summed E-state index contributed by atoms with van der Waals surface area (Å²) in [6, 6.07) is 11.0. The molecule has 1 fully saturated rings. The summed E-state index contributed by atoms with van der Waals surface area (Å²) in [6.07, 6.45) is 1.87. The number of hydrogen-bond acceptors (Lipinski definition) is 3. The molecule has 0 N–H and O–H groups in total. The smallest absolute Gasteiger partial charge is 0.102 e. The second-order valence-corrected chi connectivity index (χ2v) is 4.67. The molecule has 0 aromatic heterocycles. The van der Waals surface area contributed by atoms with E-state index >= 15 is 0 Å². The Morgan fingerprint density at radius 1 is 1.22 bits per heavy atom. The lowest BCUT2D eigenvalue weighted by atomic mass is 10.0. The van der Waals surface area contributed by atoms with Crippen molar-refractivity contribution in [3.63, 3.8) is 0 Å². The van der Waals surface area contributed by atoms with Gasteiger partial charge < -0.3 is 4.74 Å². The zero-order valence-corrected chi connectivity index (χ0v) is 10.9. The van der Waals surface area contributed by atoms with E-state index in [0.717, 1.165) is 39.1 Å². The van der Waals surface area contributed by atoms with Crippen molar-refractivity contribution in [1.82, 2.24) is 4.90 Å². The third-order valence-corrected chi connectivity index (χ3v) is 3.50. The van der Waals surface area contributed by atoms with Crippen LogP contribution in [0.1, 0.15) is 18.1 Å². The van der Waals surface area contributed by atoms with Crippen LogP contribution in [0.3, 0.4) is 0 Å². The lowest BCUT2D eigenvalue weighted by molar-refractivity contribution is 0.0270. The van der Waals surface area contributed by atoms with Gasteiger partial charge in [-0.1, -0.05) is 31.2 Å². The van der Waals surface area contributed by atoms with Gasteiger partial charge in [0.25, 0.3) is 0 Å². The molecule has 0 spiro atoms. The largest absolute Gasteiger partial charge is 0.379 e. The third kappa shape index (κ3) is 3.32. The van der Waals surface area contributed by atoms with Crippen LogP contribution in [0.4, 0.5) is 0 Å². The predicted molar refractivity (Wildman–Crippen MR) is 71.3 cm³/mol. The number of nitriles is 1. The lowest BCUT2D eigenvalue weighted by Crippen LogP contribution is -2.43. The summed E-state index contributed by atoms with van der Waals surface area (Å²) >= 11 is 0. The highest BCUT2D eigenvalue weighted by Crippen LogP contribution is 2.12. The molecular formula is C15H20N2O. The van der Waals surface area contributed by atoms with Crippen molar-refractivity contribution < 1.29 is 4.74 Å². The Bertz CT molecular complexity index is 401. The molecule has 0 amide bonds. The van der Waals surface area contributed by atoms with Crippen molar-refractivity contribution in [2.45, 2.75) is 25.8 Å². The zero-order valence-electron chi connectivity index (χ0n) is 10.9. The molecule has 3 nitrogen and oxygen atoms in total. The van der Waals surface area contributed by atoms with Crippen molar-refractivity contribution in [2.75, 3.05) is 26.3 Å². The summed E-state index contributed by atoms with van der Waals surface area (Å²) in [7, 11) is 0. The molecule has 0 aliphatic carbocycles. The summed E-state index contributed by atoms with van der Waals surface area (Å²) in [5.74, 6) is 0. The molecule has 0 saturated carbocycles. The van der Waals surface area contributed by atoms with Gasteiger partial charge in [0.2, 0.25) is 0 Å². The fourth-order valence-corrected chi connectivity index (χ4v) is 2.28. The Labute approximate surface area is 109 Å².